The number of carbonyl (C=O) groups is 1. The first-order chi connectivity index (χ1) is 11.2. The molecule has 0 saturated carbocycles. The Labute approximate surface area is 131 Å². The minimum absolute atomic E-state index is 0.328. The number of benzene rings is 1. The van der Waals surface area contributed by atoms with E-state index in [4.69, 9.17) is 0 Å². The second-order valence-corrected chi connectivity index (χ2v) is 4.29. The molecule has 14 nitrogen and oxygen atoms in total. The summed E-state index contributed by atoms with van der Waals surface area (Å²) >= 11 is 0. The molecule has 124 valence electrons. The molecule has 0 atom stereocenters. The summed E-state index contributed by atoms with van der Waals surface area (Å²) in [6.45, 7) is 1.18. The summed E-state index contributed by atoms with van der Waals surface area (Å²) in [4.78, 5) is 44.7. The van der Waals surface area contributed by atoms with Gasteiger partial charge < -0.3 is 5.32 Å². The normalized spacial score (nSPS) is 10.2. The van der Waals surface area contributed by atoms with Gasteiger partial charge in [0, 0.05) is 6.92 Å². The van der Waals surface area contributed by atoms with Gasteiger partial charge in [-0.05, 0) is 0 Å². The van der Waals surface area contributed by atoms with Gasteiger partial charge in [0.1, 0.15) is 6.33 Å². The van der Waals surface area contributed by atoms with Crippen LogP contribution in [0.3, 0.4) is 0 Å². The zero-order valence-electron chi connectivity index (χ0n) is 11.8. The molecule has 1 heterocycles. The van der Waals surface area contributed by atoms with Crippen molar-refractivity contribution in [2.45, 2.75) is 6.92 Å². The Morgan fingerprint density at radius 3 is 2.00 bits per heavy atom. The van der Waals surface area contributed by atoms with Crippen LogP contribution in [0.25, 0.3) is 0 Å². The monoisotopic (exact) mass is 337 g/mol. The summed E-state index contributed by atoms with van der Waals surface area (Å²) < 4.78 is 0.797. The predicted molar refractivity (Wildman–Crippen MR) is 76.0 cm³/mol. The van der Waals surface area contributed by atoms with E-state index < -0.39 is 43.4 Å². The highest BCUT2D eigenvalue weighted by atomic mass is 16.6. The Bertz CT molecular complexity index is 839. The van der Waals surface area contributed by atoms with Crippen molar-refractivity contribution in [1.82, 2.24) is 14.8 Å². The highest BCUT2D eigenvalue weighted by molar-refractivity contribution is 5.80. The molecule has 0 amide bonds. The Kier molecular flexibility index (Phi) is 4.12. The number of nitro benzene ring substituents is 3. The Balaban J connectivity index is 2.61. The lowest BCUT2D eigenvalue weighted by molar-refractivity contribution is -0.401. The van der Waals surface area contributed by atoms with Gasteiger partial charge in [0.05, 0.1) is 26.9 Å². The van der Waals surface area contributed by atoms with E-state index in [0.29, 0.717) is 12.1 Å². The number of non-ortho nitro benzene ring substituents is 1. The van der Waals surface area contributed by atoms with Gasteiger partial charge in [-0.3, -0.25) is 35.1 Å². The fraction of sp³-hybridized carbons (Fsp3) is 0.100. The van der Waals surface area contributed by atoms with Crippen LogP contribution in [0.5, 0.6) is 0 Å². The maximum Gasteiger partial charge on any atom is 0.306 e. The molecule has 0 spiro atoms. The van der Waals surface area contributed by atoms with Crippen LogP contribution in [0.2, 0.25) is 0 Å². The molecular formula is C10H7N7O7. The first-order valence-electron chi connectivity index (χ1n) is 6.01. The standard InChI is InChI=1S/C10H7N7O7/c1-5(18)14-4-11-10(13-14)12-9-7(16(21)22)2-6(15(19)20)3-8(9)17(23)24/h2-4H,1H3,(H,12,13). The summed E-state index contributed by atoms with van der Waals surface area (Å²) in [6, 6.07) is 1.13. The van der Waals surface area contributed by atoms with Crippen LogP contribution < -0.4 is 5.32 Å². The smallest absolute Gasteiger partial charge is 0.306 e. The van der Waals surface area contributed by atoms with Crippen LogP contribution in [0.4, 0.5) is 28.7 Å². The maximum absolute atomic E-state index is 11.1. The molecule has 1 N–H and O–H groups in total. The number of rotatable bonds is 5. The van der Waals surface area contributed by atoms with E-state index in [0.717, 1.165) is 11.0 Å². The summed E-state index contributed by atoms with van der Waals surface area (Å²) in [7, 11) is 0. The highest BCUT2D eigenvalue weighted by Crippen LogP contribution is 2.39. The maximum atomic E-state index is 11.1. The number of hydrogen-bond acceptors (Lipinski definition) is 10. The van der Waals surface area contributed by atoms with E-state index in [2.05, 4.69) is 15.4 Å². The average Bonchev–Trinajstić information content (AvgIpc) is 2.95. The van der Waals surface area contributed by atoms with Crippen molar-refractivity contribution in [3.8, 4) is 0 Å². The highest BCUT2D eigenvalue weighted by Gasteiger charge is 2.31. The lowest BCUT2D eigenvalue weighted by Gasteiger charge is -2.04. The van der Waals surface area contributed by atoms with E-state index in [1.54, 1.807) is 0 Å². The first-order valence-corrected chi connectivity index (χ1v) is 6.01. The lowest BCUT2D eigenvalue weighted by atomic mass is 10.2. The Morgan fingerprint density at radius 2 is 1.62 bits per heavy atom. The van der Waals surface area contributed by atoms with Crippen LogP contribution in [-0.4, -0.2) is 35.4 Å². The molecule has 0 fully saturated rings. The van der Waals surface area contributed by atoms with Gasteiger partial charge in [0.2, 0.25) is 11.9 Å². The number of carbonyl (C=O) groups excluding carboxylic acids is 1. The number of nitrogens with zero attached hydrogens (tertiary/aromatic N) is 6. The Hall–Kier alpha value is -3.97. The number of anilines is 2. The van der Waals surface area contributed by atoms with Crippen molar-refractivity contribution in [2.75, 3.05) is 5.32 Å². The zero-order valence-corrected chi connectivity index (χ0v) is 11.8. The molecule has 0 aliphatic rings. The van der Waals surface area contributed by atoms with Crippen LogP contribution >= 0.6 is 0 Å². The van der Waals surface area contributed by atoms with Crippen LogP contribution in [0.1, 0.15) is 11.7 Å². The minimum Gasteiger partial charge on any atom is -0.311 e. The second kappa shape index (κ2) is 6.03. The SMILES string of the molecule is CC(=O)n1cnc(Nc2c([N+](=O)[O-])cc([N+](=O)[O-])cc2[N+](=O)[O-])n1. The van der Waals surface area contributed by atoms with Gasteiger partial charge in [0.25, 0.3) is 5.69 Å². The van der Waals surface area contributed by atoms with Crippen LogP contribution in [-0.2, 0) is 0 Å². The van der Waals surface area contributed by atoms with Crippen molar-refractivity contribution in [2.24, 2.45) is 0 Å². The molecular weight excluding hydrogens is 330 g/mol. The van der Waals surface area contributed by atoms with Crippen molar-refractivity contribution in [3.05, 3.63) is 48.8 Å². The van der Waals surface area contributed by atoms with Gasteiger partial charge >= 0.3 is 11.4 Å². The van der Waals surface area contributed by atoms with Gasteiger partial charge in [-0.2, -0.15) is 9.67 Å². The van der Waals surface area contributed by atoms with Crippen molar-refractivity contribution in [3.63, 3.8) is 0 Å². The third kappa shape index (κ3) is 3.11. The van der Waals surface area contributed by atoms with Crippen molar-refractivity contribution >= 4 is 34.6 Å². The molecule has 0 bridgehead atoms. The van der Waals surface area contributed by atoms with E-state index in [-0.39, 0.29) is 5.95 Å². The minimum atomic E-state index is -1.02. The molecule has 24 heavy (non-hydrogen) atoms. The van der Waals surface area contributed by atoms with E-state index >= 15 is 0 Å². The molecule has 14 heteroatoms. The first kappa shape index (κ1) is 16.4. The van der Waals surface area contributed by atoms with Crippen LogP contribution in [0, 0.1) is 30.3 Å². The molecule has 1 aromatic heterocycles. The quantitative estimate of drug-likeness (QED) is 0.616. The zero-order chi connectivity index (χ0) is 18.0. The van der Waals surface area contributed by atoms with Crippen molar-refractivity contribution < 1.29 is 19.6 Å². The topological polar surface area (TPSA) is 189 Å². The van der Waals surface area contributed by atoms with Crippen molar-refractivity contribution in [1.29, 1.82) is 0 Å². The average molecular weight is 337 g/mol. The van der Waals surface area contributed by atoms with Gasteiger partial charge in [-0.15, -0.1) is 5.10 Å². The van der Waals surface area contributed by atoms with E-state index in [1.165, 1.54) is 6.92 Å². The lowest BCUT2D eigenvalue weighted by Crippen LogP contribution is -2.07. The molecule has 0 aliphatic heterocycles. The molecule has 0 unspecified atom stereocenters. The number of nitro groups is 3. The largest absolute Gasteiger partial charge is 0.311 e. The second-order valence-electron chi connectivity index (χ2n) is 4.29. The number of nitrogens with one attached hydrogen (secondary N) is 1. The molecule has 0 radical (unpaired) electrons. The van der Waals surface area contributed by atoms with E-state index in [9.17, 15) is 35.1 Å². The van der Waals surface area contributed by atoms with Gasteiger partial charge in [0.15, 0.2) is 5.69 Å². The number of aromatic nitrogens is 3. The third-order valence-corrected chi connectivity index (χ3v) is 2.74. The molecule has 2 rings (SSSR count). The fourth-order valence-corrected chi connectivity index (χ4v) is 1.70. The fourth-order valence-electron chi connectivity index (χ4n) is 1.70. The predicted octanol–water partition coefficient (Wildman–Crippen LogP) is 1.41. The summed E-state index contributed by atoms with van der Waals surface area (Å²) in [6.07, 6.45) is 0.994. The summed E-state index contributed by atoms with van der Waals surface area (Å²) in [5.41, 5.74) is -3.27. The van der Waals surface area contributed by atoms with Crippen LogP contribution in [0.15, 0.2) is 18.5 Å². The molecule has 2 aromatic rings. The summed E-state index contributed by atoms with van der Waals surface area (Å²) in [5, 5.41) is 38.8. The molecule has 0 aliphatic carbocycles. The summed E-state index contributed by atoms with van der Waals surface area (Å²) in [5.74, 6) is -0.839. The Morgan fingerprint density at radius 1 is 1.08 bits per heavy atom. The molecule has 0 saturated heterocycles. The van der Waals surface area contributed by atoms with E-state index in [1.807, 2.05) is 0 Å². The molecule has 1 aromatic carbocycles. The van der Waals surface area contributed by atoms with Gasteiger partial charge in [-0.25, -0.2) is 0 Å². The van der Waals surface area contributed by atoms with Gasteiger partial charge in [-0.1, -0.05) is 0 Å². The number of hydrogen-bond donors (Lipinski definition) is 1. The third-order valence-electron chi connectivity index (χ3n) is 2.74.